The molecule has 106 valence electrons. The van der Waals surface area contributed by atoms with Crippen molar-refractivity contribution in [1.82, 2.24) is 0 Å². The Morgan fingerprint density at radius 2 is 1.72 bits per heavy atom. The number of alkyl halides is 6. The van der Waals surface area contributed by atoms with Crippen molar-refractivity contribution in [3.63, 3.8) is 0 Å². The molecule has 0 aliphatic heterocycles. The molecule has 0 aliphatic carbocycles. The van der Waals surface area contributed by atoms with Crippen LogP contribution in [0.25, 0.3) is 0 Å². The van der Waals surface area contributed by atoms with Gasteiger partial charge in [-0.05, 0) is 6.92 Å². The quantitative estimate of drug-likeness (QED) is 0.423. The van der Waals surface area contributed by atoms with Crippen molar-refractivity contribution in [3.8, 4) is 0 Å². The van der Waals surface area contributed by atoms with E-state index in [1.165, 1.54) is 0 Å². The average Bonchev–Trinajstić information content (AvgIpc) is 2.27. The van der Waals surface area contributed by atoms with Gasteiger partial charge in [-0.15, -0.1) is 0 Å². The zero-order valence-electron chi connectivity index (χ0n) is 9.65. The molecule has 0 saturated heterocycles. The normalized spacial score (nSPS) is 15.1. The summed E-state index contributed by atoms with van der Waals surface area (Å²) in [4.78, 5) is 10.6. The Bertz CT molecular complexity index is 326. The van der Waals surface area contributed by atoms with Crippen LogP contribution in [0.3, 0.4) is 0 Å². The van der Waals surface area contributed by atoms with Crippen molar-refractivity contribution in [2.45, 2.75) is 44.1 Å². The summed E-state index contributed by atoms with van der Waals surface area (Å²) >= 11 is 0. The molecule has 0 aromatic carbocycles. The molecule has 0 radical (unpaired) electrons. The number of ether oxygens (including phenoxy) is 1. The zero-order chi connectivity index (χ0) is 14.8. The number of esters is 1. The van der Waals surface area contributed by atoms with Crippen LogP contribution in [0, 0.1) is 0 Å². The summed E-state index contributed by atoms with van der Waals surface area (Å²) in [5.41, 5.74) is 0. The van der Waals surface area contributed by atoms with Gasteiger partial charge in [-0.3, -0.25) is 0 Å². The molecule has 18 heavy (non-hydrogen) atoms. The standard InChI is InChI=1S/C10H12F6O2/c1-4-7(17)18-6(3)9(13,14)10(15,16)8(11,12)5-2/h4,6H,1,5H2,2-3H3. The minimum Gasteiger partial charge on any atom is -0.453 e. The summed E-state index contributed by atoms with van der Waals surface area (Å²) in [5.74, 6) is -17.1. The van der Waals surface area contributed by atoms with E-state index in [0.717, 1.165) is 0 Å². The first-order valence-corrected chi connectivity index (χ1v) is 4.90. The second kappa shape index (κ2) is 5.19. The topological polar surface area (TPSA) is 26.3 Å². The number of carbonyl (C=O) groups is 1. The Hall–Kier alpha value is -1.21. The molecule has 0 aromatic rings. The Balaban J connectivity index is 5.23. The summed E-state index contributed by atoms with van der Waals surface area (Å²) in [6.07, 6.45) is -3.73. The Labute approximate surface area is 99.6 Å². The molecule has 8 heteroatoms. The third-order valence-corrected chi connectivity index (χ3v) is 2.29. The minimum absolute atomic E-state index is 0.404. The monoisotopic (exact) mass is 278 g/mol. The van der Waals surface area contributed by atoms with Crippen molar-refractivity contribution in [3.05, 3.63) is 12.7 Å². The van der Waals surface area contributed by atoms with E-state index >= 15 is 0 Å². The highest BCUT2D eigenvalue weighted by molar-refractivity contribution is 5.81. The fraction of sp³-hybridized carbons (Fsp3) is 0.700. The maximum atomic E-state index is 13.2. The predicted octanol–water partition coefficient (Wildman–Crippen LogP) is 3.42. The van der Waals surface area contributed by atoms with Gasteiger partial charge in [0.15, 0.2) is 6.10 Å². The first kappa shape index (κ1) is 16.8. The van der Waals surface area contributed by atoms with Crippen molar-refractivity contribution in [2.24, 2.45) is 0 Å². The Kier molecular flexibility index (Phi) is 4.84. The molecule has 0 saturated carbocycles. The highest BCUT2D eigenvalue weighted by atomic mass is 19.3. The van der Waals surface area contributed by atoms with E-state index in [0.29, 0.717) is 19.9 Å². The molecule has 2 nitrogen and oxygen atoms in total. The lowest BCUT2D eigenvalue weighted by atomic mass is 9.98. The van der Waals surface area contributed by atoms with Gasteiger partial charge in [0, 0.05) is 12.5 Å². The highest BCUT2D eigenvalue weighted by Crippen LogP contribution is 2.49. The molecule has 0 spiro atoms. The van der Waals surface area contributed by atoms with Crippen molar-refractivity contribution in [2.75, 3.05) is 0 Å². The second-order valence-electron chi connectivity index (χ2n) is 3.54. The third kappa shape index (κ3) is 2.78. The van der Waals surface area contributed by atoms with Gasteiger partial charge < -0.3 is 4.74 Å². The lowest BCUT2D eigenvalue weighted by Gasteiger charge is -2.34. The van der Waals surface area contributed by atoms with Crippen LogP contribution < -0.4 is 0 Å². The molecule has 0 amide bonds. The number of carbonyl (C=O) groups excluding carboxylic acids is 1. The smallest absolute Gasteiger partial charge is 0.375 e. The van der Waals surface area contributed by atoms with Crippen LogP contribution in [0.5, 0.6) is 0 Å². The minimum atomic E-state index is -5.63. The van der Waals surface area contributed by atoms with Gasteiger partial charge >= 0.3 is 23.7 Å². The molecule has 0 aliphatic rings. The molecule has 0 aromatic heterocycles. The number of rotatable bonds is 6. The molecule has 0 bridgehead atoms. The first-order valence-electron chi connectivity index (χ1n) is 4.90. The molecule has 0 N–H and O–H groups in total. The van der Waals surface area contributed by atoms with E-state index in [4.69, 9.17) is 0 Å². The van der Waals surface area contributed by atoms with Crippen LogP contribution in [0.15, 0.2) is 12.7 Å². The van der Waals surface area contributed by atoms with E-state index in [9.17, 15) is 31.1 Å². The van der Waals surface area contributed by atoms with Crippen LogP contribution in [0.1, 0.15) is 20.3 Å². The third-order valence-electron chi connectivity index (χ3n) is 2.29. The molecule has 1 atom stereocenters. The largest absolute Gasteiger partial charge is 0.453 e. The van der Waals surface area contributed by atoms with Gasteiger partial charge in [0.25, 0.3) is 0 Å². The van der Waals surface area contributed by atoms with E-state index < -0.39 is 36.3 Å². The molecule has 0 rings (SSSR count). The summed E-state index contributed by atoms with van der Waals surface area (Å²) in [6.45, 7) is 3.91. The SMILES string of the molecule is C=CC(=O)OC(C)C(F)(F)C(F)(F)C(F)(F)CC. The van der Waals surface area contributed by atoms with E-state index in [1.54, 1.807) is 0 Å². The molecule has 0 fully saturated rings. The van der Waals surface area contributed by atoms with Crippen LogP contribution in [-0.2, 0) is 9.53 Å². The average molecular weight is 278 g/mol. The lowest BCUT2D eigenvalue weighted by molar-refractivity contribution is -0.331. The fourth-order valence-corrected chi connectivity index (χ4v) is 1.02. The predicted molar refractivity (Wildman–Crippen MR) is 50.9 cm³/mol. The number of hydrogen-bond donors (Lipinski definition) is 0. The van der Waals surface area contributed by atoms with E-state index in [1.807, 2.05) is 0 Å². The van der Waals surface area contributed by atoms with E-state index in [-0.39, 0.29) is 0 Å². The summed E-state index contributed by atoms with van der Waals surface area (Å²) < 4.78 is 82.1. The Morgan fingerprint density at radius 1 is 1.28 bits per heavy atom. The molecule has 0 heterocycles. The van der Waals surface area contributed by atoms with Crippen molar-refractivity contribution < 1.29 is 35.9 Å². The van der Waals surface area contributed by atoms with Crippen LogP contribution in [0.2, 0.25) is 0 Å². The van der Waals surface area contributed by atoms with Crippen LogP contribution >= 0.6 is 0 Å². The van der Waals surface area contributed by atoms with Crippen LogP contribution in [-0.4, -0.2) is 29.8 Å². The molecule has 1 unspecified atom stereocenters. The van der Waals surface area contributed by atoms with Gasteiger partial charge in [-0.25, -0.2) is 4.79 Å². The maximum Gasteiger partial charge on any atom is 0.375 e. The van der Waals surface area contributed by atoms with E-state index in [2.05, 4.69) is 11.3 Å². The zero-order valence-corrected chi connectivity index (χ0v) is 9.65. The van der Waals surface area contributed by atoms with Gasteiger partial charge in [-0.1, -0.05) is 13.5 Å². The summed E-state index contributed by atoms with van der Waals surface area (Å²) in [6, 6.07) is 0. The van der Waals surface area contributed by atoms with Gasteiger partial charge in [0.1, 0.15) is 0 Å². The first-order chi connectivity index (χ1) is 7.94. The lowest BCUT2D eigenvalue weighted by Crippen LogP contribution is -2.59. The van der Waals surface area contributed by atoms with Crippen molar-refractivity contribution >= 4 is 5.97 Å². The highest BCUT2D eigenvalue weighted by Gasteiger charge is 2.73. The summed E-state index contributed by atoms with van der Waals surface area (Å²) in [5, 5.41) is 0. The fourth-order valence-electron chi connectivity index (χ4n) is 1.02. The molecular formula is C10H12F6O2. The van der Waals surface area contributed by atoms with Gasteiger partial charge in [0.05, 0.1) is 0 Å². The van der Waals surface area contributed by atoms with Crippen molar-refractivity contribution in [1.29, 1.82) is 0 Å². The van der Waals surface area contributed by atoms with Gasteiger partial charge in [0.2, 0.25) is 0 Å². The maximum absolute atomic E-state index is 13.2. The summed E-state index contributed by atoms with van der Waals surface area (Å²) in [7, 11) is 0. The van der Waals surface area contributed by atoms with Gasteiger partial charge in [-0.2, -0.15) is 26.3 Å². The molecular weight excluding hydrogens is 266 g/mol. The number of halogens is 6. The second-order valence-corrected chi connectivity index (χ2v) is 3.54. The van der Waals surface area contributed by atoms with Crippen LogP contribution in [0.4, 0.5) is 26.3 Å². The Morgan fingerprint density at radius 3 is 2.06 bits per heavy atom. The number of hydrogen-bond acceptors (Lipinski definition) is 2.